The van der Waals surface area contributed by atoms with Gasteiger partial charge >= 0.3 is 0 Å². The van der Waals surface area contributed by atoms with Crippen LogP contribution in [0, 0.1) is 0 Å². The summed E-state index contributed by atoms with van der Waals surface area (Å²) in [6, 6.07) is 0. The fourth-order valence-corrected chi connectivity index (χ4v) is 0.595. The number of unbranched alkanes of at least 4 members (excludes halogenated alkanes) is 1. The van der Waals surface area contributed by atoms with Crippen molar-refractivity contribution >= 4 is 0 Å². The van der Waals surface area contributed by atoms with Crippen LogP contribution in [-0.2, 0) is 0 Å². The van der Waals surface area contributed by atoms with Crippen molar-refractivity contribution in [1.82, 2.24) is 0 Å². The molecular formula is C9H16. The number of hydrogen-bond donors (Lipinski definition) is 0. The summed E-state index contributed by atoms with van der Waals surface area (Å²) in [4.78, 5) is 0. The van der Waals surface area contributed by atoms with Gasteiger partial charge in [-0.15, -0.1) is 0 Å². The first kappa shape index (κ1) is 8.48. The van der Waals surface area contributed by atoms with Crippen molar-refractivity contribution in [3.8, 4) is 0 Å². The Balaban J connectivity index is 3.04. The third-order valence-electron chi connectivity index (χ3n) is 1.13. The molecule has 0 aromatic rings. The maximum absolute atomic E-state index is 2.24. The van der Waals surface area contributed by atoms with Crippen LogP contribution in [0.5, 0.6) is 0 Å². The number of rotatable bonds is 4. The largest absolute Gasteiger partial charge is 0.0914 e. The molecule has 52 valence electrons. The highest BCUT2D eigenvalue weighted by molar-refractivity contribution is 4.90. The first-order valence-corrected chi connectivity index (χ1v) is 3.68. The Labute approximate surface area is 58.3 Å². The fraction of sp³-hybridized carbons (Fsp3) is 0.556. The summed E-state index contributed by atoms with van der Waals surface area (Å²) >= 11 is 0. The summed E-state index contributed by atoms with van der Waals surface area (Å²) in [6.07, 6.45) is 12.3. The molecule has 0 heterocycles. The molecule has 0 aliphatic heterocycles. The molecule has 0 fully saturated rings. The minimum absolute atomic E-state index is 1.09. The topological polar surface area (TPSA) is 0 Å². The Morgan fingerprint density at radius 2 is 1.89 bits per heavy atom. The molecule has 0 amide bonds. The molecule has 0 radical (unpaired) electrons. The Kier molecular flexibility index (Phi) is 7.05. The quantitative estimate of drug-likeness (QED) is 0.504. The van der Waals surface area contributed by atoms with Gasteiger partial charge in [0.1, 0.15) is 0 Å². The fourth-order valence-electron chi connectivity index (χ4n) is 0.595. The molecular weight excluding hydrogens is 108 g/mol. The van der Waals surface area contributed by atoms with Crippen molar-refractivity contribution in [2.45, 2.75) is 33.1 Å². The van der Waals surface area contributed by atoms with Gasteiger partial charge in [-0.3, -0.25) is 0 Å². The average molecular weight is 124 g/mol. The highest BCUT2D eigenvalue weighted by atomic mass is 13.8. The second-order valence-electron chi connectivity index (χ2n) is 2.06. The first-order valence-electron chi connectivity index (χ1n) is 3.68. The third-order valence-corrected chi connectivity index (χ3v) is 1.13. The molecule has 0 heteroatoms. The average Bonchev–Trinajstić information content (AvgIpc) is 1.89. The van der Waals surface area contributed by atoms with Crippen molar-refractivity contribution in [3.05, 3.63) is 24.3 Å². The summed E-state index contributed by atoms with van der Waals surface area (Å²) in [7, 11) is 0. The van der Waals surface area contributed by atoms with E-state index in [9.17, 15) is 0 Å². The highest BCUT2D eigenvalue weighted by Crippen LogP contribution is 1.91. The van der Waals surface area contributed by atoms with E-state index in [1.165, 1.54) is 12.8 Å². The third kappa shape index (κ3) is 7.48. The molecule has 0 unspecified atom stereocenters. The van der Waals surface area contributed by atoms with Crippen LogP contribution in [0.25, 0.3) is 0 Å². The predicted octanol–water partition coefficient (Wildman–Crippen LogP) is 3.31. The molecule has 0 aromatic carbocycles. The van der Waals surface area contributed by atoms with E-state index in [1.807, 2.05) is 6.92 Å². The predicted molar refractivity (Wildman–Crippen MR) is 43.5 cm³/mol. The normalized spacial score (nSPS) is 11.8. The smallest absolute Gasteiger partial charge is 0.0169 e. The van der Waals surface area contributed by atoms with Crippen LogP contribution in [0.1, 0.15) is 33.1 Å². The van der Waals surface area contributed by atoms with Gasteiger partial charge in [-0.2, -0.15) is 0 Å². The van der Waals surface area contributed by atoms with E-state index in [2.05, 4.69) is 31.2 Å². The Morgan fingerprint density at radius 3 is 2.44 bits per heavy atom. The zero-order valence-electron chi connectivity index (χ0n) is 6.43. The van der Waals surface area contributed by atoms with Crippen LogP contribution >= 0.6 is 0 Å². The lowest BCUT2D eigenvalue weighted by Gasteiger charge is -1.81. The molecule has 0 nitrogen and oxygen atoms in total. The molecule has 0 rings (SSSR count). The summed E-state index contributed by atoms with van der Waals surface area (Å²) < 4.78 is 0. The van der Waals surface area contributed by atoms with Crippen molar-refractivity contribution in [2.24, 2.45) is 0 Å². The van der Waals surface area contributed by atoms with E-state index in [0.717, 1.165) is 6.42 Å². The molecule has 0 bridgehead atoms. The Hall–Kier alpha value is -0.520. The molecule has 0 aliphatic carbocycles. The van der Waals surface area contributed by atoms with Gasteiger partial charge in [-0.05, 0) is 19.8 Å². The molecule has 0 saturated heterocycles. The minimum Gasteiger partial charge on any atom is -0.0914 e. The molecule has 0 aliphatic rings. The van der Waals surface area contributed by atoms with E-state index >= 15 is 0 Å². The molecule has 0 saturated carbocycles. The Bertz CT molecular complexity index is 88.2. The molecule has 0 aromatic heterocycles. The van der Waals surface area contributed by atoms with Gasteiger partial charge in [0.15, 0.2) is 0 Å². The summed E-state index contributed by atoms with van der Waals surface area (Å²) in [6.45, 7) is 4.24. The molecule has 0 N–H and O–H groups in total. The van der Waals surface area contributed by atoms with Gasteiger partial charge in [0.05, 0.1) is 0 Å². The van der Waals surface area contributed by atoms with Crippen LogP contribution in [0.3, 0.4) is 0 Å². The van der Waals surface area contributed by atoms with E-state index in [0.29, 0.717) is 0 Å². The summed E-state index contributed by atoms with van der Waals surface area (Å²) in [5.74, 6) is 0. The number of allylic oxidation sites excluding steroid dienone is 4. The summed E-state index contributed by atoms with van der Waals surface area (Å²) in [5.41, 5.74) is 0. The lowest BCUT2D eigenvalue weighted by atomic mass is 10.3. The number of hydrogen-bond acceptors (Lipinski definition) is 0. The highest BCUT2D eigenvalue weighted by Gasteiger charge is 1.70. The van der Waals surface area contributed by atoms with Gasteiger partial charge in [-0.25, -0.2) is 0 Å². The zero-order valence-corrected chi connectivity index (χ0v) is 6.43. The van der Waals surface area contributed by atoms with E-state index < -0.39 is 0 Å². The molecule has 9 heavy (non-hydrogen) atoms. The minimum atomic E-state index is 1.09. The maximum Gasteiger partial charge on any atom is -0.0169 e. The van der Waals surface area contributed by atoms with Crippen molar-refractivity contribution in [1.29, 1.82) is 0 Å². The standard InChI is InChI=1S/C9H16/c1-3-5-7-9-8-6-4-2/h3,5,8-9H,4,6-7H2,1-2H3/b5-3-,9-8?. The van der Waals surface area contributed by atoms with E-state index in [4.69, 9.17) is 0 Å². The van der Waals surface area contributed by atoms with Crippen LogP contribution in [0.15, 0.2) is 24.3 Å². The van der Waals surface area contributed by atoms with Crippen LogP contribution in [-0.4, -0.2) is 0 Å². The van der Waals surface area contributed by atoms with Gasteiger partial charge in [0.25, 0.3) is 0 Å². The van der Waals surface area contributed by atoms with Gasteiger partial charge < -0.3 is 0 Å². The zero-order chi connectivity index (χ0) is 6.95. The van der Waals surface area contributed by atoms with Crippen molar-refractivity contribution in [3.63, 3.8) is 0 Å². The van der Waals surface area contributed by atoms with Gasteiger partial charge in [0.2, 0.25) is 0 Å². The monoisotopic (exact) mass is 124 g/mol. The molecule has 0 spiro atoms. The summed E-state index contributed by atoms with van der Waals surface area (Å²) in [5, 5.41) is 0. The van der Waals surface area contributed by atoms with Gasteiger partial charge in [-0.1, -0.05) is 37.6 Å². The van der Waals surface area contributed by atoms with Crippen molar-refractivity contribution < 1.29 is 0 Å². The van der Waals surface area contributed by atoms with Crippen LogP contribution in [0.4, 0.5) is 0 Å². The first-order chi connectivity index (χ1) is 4.41. The van der Waals surface area contributed by atoms with Crippen LogP contribution < -0.4 is 0 Å². The van der Waals surface area contributed by atoms with Gasteiger partial charge in [0, 0.05) is 0 Å². The maximum atomic E-state index is 2.24. The lowest BCUT2D eigenvalue weighted by Crippen LogP contribution is -1.61. The second-order valence-corrected chi connectivity index (χ2v) is 2.06. The van der Waals surface area contributed by atoms with E-state index in [-0.39, 0.29) is 0 Å². The molecule has 0 atom stereocenters. The lowest BCUT2D eigenvalue weighted by molar-refractivity contribution is 0.954. The van der Waals surface area contributed by atoms with Crippen LogP contribution in [0.2, 0.25) is 0 Å². The van der Waals surface area contributed by atoms with E-state index in [1.54, 1.807) is 0 Å². The second kappa shape index (κ2) is 7.48. The van der Waals surface area contributed by atoms with Crippen molar-refractivity contribution in [2.75, 3.05) is 0 Å². The SMILES string of the molecule is C/C=C\CC=CCCC. The Morgan fingerprint density at radius 1 is 1.11 bits per heavy atom.